The molecular weight excluding hydrogens is 296 g/mol. The molecule has 0 spiro atoms. The van der Waals surface area contributed by atoms with Gasteiger partial charge in [0.05, 0.1) is 11.4 Å². The fraction of sp³-hybridized carbons (Fsp3) is 0.0952. The van der Waals surface area contributed by atoms with Crippen molar-refractivity contribution in [3.63, 3.8) is 0 Å². The first-order valence-corrected chi connectivity index (χ1v) is 8.12. The summed E-state index contributed by atoms with van der Waals surface area (Å²) in [6.07, 6.45) is 8.03. The Hall–Kier alpha value is -3.07. The lowest BCUT2D eigenvalue weighted by Crippen LogP contribution is -2.04. The predicted octanol–water partition coefficient (Wildman–Crippen LogP) is 4.95. The van der Waals surface area contributed by atoms with Crippen LogP contribution in [0.4, 0.5) is 0 Å². The molecule has 0 saturated carbocycles. The summed E-state index contributed by atoms with van der Waals surface area (Å²) in [4.78, 5) is 0. The maximum absolute atomic E-state index is 5.95. The van der Waals surface area contributed by atoms with E-state index in [2.05, 4.69) is 40.6 Å². The van der Waals surface area contributed by atoms with Crippen LogP contribution in [0.3, 0.4) is 0 Å². The number of nitrogens with zero attached hydrogens (tertiary/aromatic N) is 1. The topological polar surface area (TPSA) is 37.9 Å². The molecule has 1 aliphatic rings. The maximum atomic E-state index is 5.95. The maximum Gasteiger partial charge on any atom is 0.126 e. The van der Waals surface area contributed by atoms with Gasteiger partial charge in [-0.15, -0.1) is 0 Å². The van der Waals surface area contributed by atoms with Gasteiger partial charge in [0.25, 0.3) is 0 Å². The van der Waals surface area contributed by atoms with Crippen molar-refractivity contribution in [1.29, 1.82) is 0 Å². The minimum atomic E-state index is 0.871. The molecule has 0 atom stereocenters. The Morgan fingerprint density at radius 3 is 2.42 bits per heavy atom. The van der Waals surface area contributed by atoms with Gasteiger partial charge < -0.3 is 4.74 Å². The van der Waals surface area contributed by atoms with Crippen LogP contribution in [0.25, 0.3) is 18.2 Å². The molecule has 1 heterocycles. The molecule has 0 fully saturated rings. The first-order chi connectivity index (χ1) is 11.9. The third-order valence-corrected chi connectivity index (χ3v) is 4.08. The van der Waals surface area contributed by atoms with E-state index in [0.29, 0.717) is 0 Å². The summed E-state index contributed by atoms with van der Waals surface area (Å²) in [6.45, 7) is 0. The Balaban J connectivity index is 1.54. The van der Waals surface area contributed by atoms with E-state index in [1.807, 2.05) is 48.5 Å². The van der Waals surface area contributed by atoms with Crippen molar-refractivity contribution in [3.05, 3.63) is 88.9 Å². The summed E-state index contributed by atoms with van der Waals surface area (Å²) in [5, 5.41) is 7.56. The van der Waals surface area contributed by atoms with E-state index in [1.165, 1.54) is 11.1 Å². The van der Waals surface area contributed by atoms with Crippen LogP contribution in [-0.4, -0.2) is 10.2 Å². The molecule has 3 heteroatoms. The number of hydrogen-bond acceptors (Lipinski definition) is 2. The van der Waals surface area contributed by atoms with Gasteiger partial charge in [0.1, 0.15) is 11.5 Å². The van der Waals surface area contributed by atoms with E-state index in [-0.39, 0.29) is 0 Å². The lowest BCUT2D eigenvalue weighted by atomic mass is 10.00. The van der Waals surface area contributed by atoms with Crippen molar-refractivity contribution in [2.24, 2.45) is 0 Å². The number of nitrogens with one attached hydrogen (secondary N) is 1. The molecule has 1 N–H and O–H groups in total. The zero-order chi connectivity index (χ0) is 16.2. The number of H-pyrrole nitrogens is 1. The monoisotopic (exact) mass is 314 g/mol. The summed E-state index contributed by atoms with van der Waals surface area (Å²) in [6, 6.07) is 20.1. The van der Waals surface area contributed by atoms with Gasteiger partial charge in [-0.25, -0.2) is 0 Å². The summed E-state index contributed by atoms with van der Waals surface area (Å²) in [5.74, 6) is 1.84. The van der Waals surface area contributed by atoms with Gasteiger partial charge in [0, 0.05) is 18.1 Å². The molecule has 0 radical (unpaired) electrons. The second kappa shape index (κ2) is 6.59. The van der Waals surface area contributed by atoms with Crippen LogP contribution in [0.1, 0.15) is 28.9 Å². The van der Waals surface area contributed by atoms with E-state index in [1.54, 1.807) is 0 Å². The quantitative estimate of drug-likeness (QED) is 0.740. The Morgan fingerprint density at radius 2 is 1.62 bits per heavy atom. The van der Waals surface area contributed by atoms with Crippen molar-refractivity contribution in [2.75, 3.05) is 0 Å². The van der Waals surface area contributed by atoms with Crippen molar-refractivity contribution >= 4 is 18.2 Å². The largest absolute Gasteiger partial charge is 0.462 e. The van der Waals surface area contributed by atoms with Crippen molar-refractivity contribution in [1.82, 2.24) is 10.2 Å². The second-order valence-corrected chi connectivity index (χ2v) is 5.77. The SMILES string of the molecule is C(=Cc1n[nH]c2c1CCC(Oc1ccccc1)=C2)c1ccccc1. The molecule has 0 bridgehead atoms. The summed E-state index contributed by atoms with van der Waals surface area (Å²) >= 11 is 0. The number of ether oxygens (including phenoxy) is 1. The highest BCUT2D eigenvalue weighted by molar-refractivity contribution is 5.72. The van der Waals surface area contributed by atoms with Crippen molar-refractivity contribution < 1.29 is 4.74 Å². The lowest BCUT2D eigenvalue weighted by molar-refractivity contribution is 0.406. The highest BCUT2D eigenvalue weighted by Crippen LogP contribution is 2.27. The molecule has 0 saturated heterocycles. The number of aromatic amines is 1. The van der Waals surface area contributed by atoms with Gasteiger partial charge in [-0.2, -0.15) is 5.10 Å². The Morgan fingerprint density at radius 1 is 0.875 bits per heavy atom. The van der Waals surface area contributed by atoms with E-state index in [0.717, 1.165) is 35.7 Å². The zero-order valence-electron chi connectivity index (χ0n) is 13.3. The summed E-state index contributed by atoms with van der Waals surface area (Å²) in [5.41, 5.74) is 4.47. The molecule has 24 heavy (non-hydrogen) atoms. The molecule has 4 rings (SSSR count). The van der Waals surface area contributed by atoms with E-state index in [4.69, 9.17) is 4.74 Å². The molecule has 0 aliphatic heterocycles. The molecule has 3 aromatic rings. The standard InChI is InChI=1S/C21H18N2O/c1-3-7-16(8-4-1)11-14-20-19-13-12-18(15-21(19)23-22-20)24-17-9-5-2-6-10-17/h1-11,14-15H,12-13H2,(H,22,23). The lowest BCUT2D eigenvalue weighted by Gasteiger charge is -2.14. The van der Waals surface area contributed by atoms with E-state index < -0.39 is 0 Å². The van der Waals surface area contributed by atoms with Crippen LogP contribution in [-0.2, 0) is 6.42 Å². The Bertz CT molecular complexity index is 877. The van der Waals surface area contributed by atoms with Crippen LogP contribution >= 0.6 is 0 Å². The first kappa shape index (κ1) is 14.5. The second-order valence-electron chi connectivity index (χ2n) is 5.77. The number of fused-ring (bicyclic) bond motifs is 1. The minimum absolute atomic E-state index is 0.871. The number of rotatable bonds is 4. The highest BCUT2D eigenvalue weighted by Gasteiger charge is 2.17. The average Bonchev–Trinajstić information content (AvgIpc) is 3.04. The molecule has 0 amide bonds. The van der Waals surface area contributed by atoms with Crippen LogP contribution in [0, 0.1) is 0 Å². The molecule has 1 aliphatic carbocycles. The van der Waals surface area contributed by atoms with Gasteiger partial charge in [-0.05, 0) is 30.2 Å². The number of allylic oxidation sites excluding steroid dienone is 1. The van der Waals surface area contributed by atoms with Gasteiger partial charge >= 0.3 is 0 Å². The summed E-state index contributed by atoms with van der Waals surface area (Å²) < 4.78 is 5.95. The van der Waals surface area contributed by atoms with Gasteiger partial charge in [0.2, 0.25) is 0 Å². The van der Waals surface area contributed by atoms with Crippen LogP contribution in [0.15, 0.2) is 66.4 Å². The van der Waals surface area contributed by atoms with Gasteiger partial charge in [-0.1, -0.05) is 54.6 Å². The molecule has 118 valence electrons. The molecular formula is C21H18N2O. The number of para-hydroxylation sites is 1. The third kappa shape index (κ3) is 3.15. The summed E-state index contributed by atoms with van der Waals surface area (Å²) in [7, 11) is 0. The van der Waals surface area contributed by atoms with E-state index in [9.17, 15) is 0 Å². The smallest absolute Gasteiger partial charge is 0.126 e. The van der Waals surface area contributed by atoms with Crippen molar-refractivity contribution in [3.8, 4) is 5.75 Å². The normalized spacial score (nSPS) is 13.6. The van der Waals surface area contributed by atoms with Gasteiger partial charge in [0.15, 0.2) is 0 Å². The highest BCUT2D eigenvalue weighted by atomic mass is 16.5. The third-order valence-electron chi connectivity index (χ3n) is 4.08. The number of aromatic nitrogens is 2. The number of benzene rings is 2. The minimum Gasteiger partial charge on any atom is -0.462 e. The predicted molar refractivity (Wildman–Crippen MR) is 97.3 cm³/mol. The molecule has 3 nitrogen and oxygen atoms in total. The van der Waals surface area contributed by atoms with Gasteiger partial charge in [-0.3, -0.25) is 5.10 Å². The molecule has 0 unspecified atom stereocenters. The van der Waals surface area contributed by atoms with Crippen LogP contribution in [0.5, 0.6) is 5.75 Å². The van der Waals surface area contributed by atoms with Crippen LogP contribution in [0.2, 0.25) is 0 Å². The number of hydrogen-bond donors (Lipinski definition) is 1. The fourth-order valence-electron chi connectivity index (χ4n) is 2.85. The molecule has 1 aromatic heterocycles. The Labute approximate surface area is 141 Å². The first-order valence-electron chi connectivity index (χ1n) is 8.12. The molecule has 2 aromatic carbocycles. The van der Waals surface area contributed by atoms with Crippen LogP contribution < -0.4 is 4.74 Å². The fourth-order valence-corrected chi connectivity index (χ4v) is 2.85. The van der Waals surface area contributed by atoms with Crippen molar-refractivity contribution in [2.45, 2.75) is 12.8 Å². The average molecular weight is 314 g/mol. The Kier molecular flexibility index (Phi) is 3.98. The van der Waals surface area contributed by atoms with E-state index >= 15 is 0 Å². The zero-order valence-corrected chi connectivity index (χ0v) is 13.3.